The number of hydrogen-bond donors (Lipinski definition) is 2. The number of rotatable bonds is 4. The van der Waals surface area contributed by atoms with E-state index in [4.69, 9.17) is 5.73 Å². The highest BCUT2D eigenvalue weighted by Crippen LogP contribution is 2.29. The van der Waals surface area contributed by atoms with Gasteiger partial charge in [-0.15, -0.1) is 23.7 Å². The van der Waals surface area contributed by atoms with Crippen LogP contribution in [-0.4, -0.2) is 16.9 Å². The normalized spacial score (nSPS) is 14.6. The quantitative estimate of drug-likeness (QED) is 0.901. The van der Waals surface area contributed by atoms with Gasteiger partial charge in [0.25, 0.3) is 0 Å². The van der Waals surface area contributed by atoms with Crippen molar-refractivity contribution < 1.29 is 4.79 Å². The first-order valence-corrected chi connectivity index (χ1v) is 8.13. The Hall–Kier alpha value is -1.43. The summed E-state index contributed by atoms with van der Waals surface area (Å²) in [6.07, 6.45) is 5.06. The highest BCUT2D eigenvalue weighted by Gasteiger charge is 2.19. The summed E-state index contributed by atoms with van der Waals surface area (Å²) in [6.45, 7) is 0. The standard InChI is InChI=1S/C16H19N3OS.ClH/c17-12(10-11-6-2-1-3-7-11)15(20)19-16-18-13-8-4-5-9-14(13)21-16;/h1-3,6-7,12H,4-5,8-10,17H2,(H,18,19,20);1H/t12-;/m0./s1. The number of aromatic nitrogens is 1. The van der Waals surface area contributed by atoms with Crippen LogP contribution in [0.25, 0.3) is 0 Å². The first kappa shape index (κ1) is 16.9. The lowest BCUT2D eigenvalue weighted by Crippen LogP contribution is -2.37. The first-order chi connectivity index (χ1) is 10.2. The van der Waals surface area contributed by atoms with E-state index in [0.29, 0.717) is 11.6 Å². The molecule has 0 fully saturated rings. The van der Waals surface area contributed by atoms with E-state index in [9.17, 15) is 4.79 Å². The Bertz CT molecular complexity index is 606. The van der Waals surface area contributed by atoms with E-state index in [1.54, 1.807) is 11.3 Å². The predicted molar refractivity (Wildman–Crippen MR) is 92.8 cm³/mol. The van der Waals surface area contributed by atoms with Gasteiger partial charge in [0.15, 0.2) is 5.13 Å². The van der Waals surface area contributed by atoms with Crippen LogP contribution in [0.2, 0.25) is 0 Å². The van der Waals surface area contributed by atoms with Gasteiger partial charge in [0.2, 0.25) is 5.91 Å². The maximum atomic E-state index is 12.2. The van der Waals surface area contributed by atoms with Crippen LogP contribution in [0.4, 0.5) is 5.13 Å². The molecule has 22 heavy (non-hydrogen) atoms. The Morgan fingerprint density at radius 1 is 1.27 bits per heavy atom. The molecule has 0 aliphatic heterocycles. The van der Waals surface area contributed by atoms with Gasteiger partial charge in [-0.25, -0.2) is 4.98 Å². The second-order valence-corrected chi connectivity index (χ2v) is 6.47. The van der Waals surface area contributed by atoms with Gasteiger partial charge in [0.1, 0.15) is 0 Å². The number of hydrogen-bond acceptors (Lipinski definition) is 4. The number of aryl methyl sites for hydroxylation is 2. The minimum absolute atomic E-state index is 0. The molecule has 0 saturated heterocycles. The lowest BCUT2D eigenvalue weighted by molar-refractivity contribution is -0.117. The lowest BCUT2D eigenvalue weighted by Gasteiger charge is -2.10. The summed E-state index contributed by atoms with van der Waals surface area (Å²) in [5.41, 5.74) is 8.20. The van der Waals surface area contributed by atoms with Crippen LogP contribution >= 0.6 is 23.7 Å². The molecule has 6 heteroatoms. The van der Waals surface area contributed by atoms with E-state index in [1.807, 2.05) is 30.3 Å². The number of anilines is 1. The Morgan fingerprint density at radius 2 is 2.00 bits per heavy atom. The molecule has 4 nitrogen and oxygen atoms in total. The number of nitrogens with zero attached hydrogens (tertiary/aromatic N) is 1. The van der Waals surface area contributed by atoms with Gasteiger partial charge in [0, 0.05) is 4.88 Å². The monoisotopic (exact) mass is 337 g/mol. The molecule has 0 radical (unpaired) electrons. The summed E-state index contributed by atoms with van der Waals surface area (Å²) >= 11 is 1.59. The van der Waals surface area contributed by atoms with E-state index in [2.05, 4.69) is 10.3 Å². The zero-order valence-corrected chi connectivity index (χ0v) is 13.9. The molecule has 118 valence electrons. The van der Waals surface area contributed by atoms with Crippen LogP contribution in [0.1, 0.15) is 29.0 Å². The summed E-state index contributed by atoms with van der Waals surface area (Å²) in [4.78, 5) is 18.0. The molecule has 1 aromatic heterocycles. The van der Waals surface area contributed by atoms with Crippen molar-refractivity contribution in [1.82, 2.24) is 4.98 Å². The van der Waals surface area contributed by atoms with E-state index in [-0.39, 0.29) is 18.3 Å². The zero-order chi connectivity index (χ0) is 14.7. The first-order valence-electron chi connectivity index (χ1n) is 7.31. The van der Waals surface area contributed by atoms with Crippen molar-refractivity contribution in [3.8, 4) is 0 Å². The molecule has 1 amide bonds. The van der Waals surface area contributed by atoms with Crippen molar-refractivity contribution in [3.63, 3.8) is 0 Å². The van der Waals surface area contributed by atoms with Gasteiger partial charge in [0.05, 0.1) is 11.7 Å². The smallest absolute Gasteiger partial charge is 0.243 e. The Balaban J connectivity index is 0.00000176. The van der Waals surface area contributed by atoms with Crippen molar-refractivity contribution in [2.45, 2.75) is 38.1 Å². The minimum atomic E-state index is -0.548. The number of amides is 1. The van der Waals surface area contributed by atoms with Crippen LogP contribution < -0.4 is 11.1 Å². The molecule has 3 rings (SSSR count). The molecule has 3 N–H and O–H groups in total. The fourth-order valence-electron chi connectivity index (χ4n) is 2.56. The molecule has 0 bridgehead atoms. The fraction of sp³-hybridized carbons (Fsp3) is 0.375. The molecule has 1 aromatic carbocycles. The number of carbonyl (C=O) groups is 1. The Labute approximate surface area is 140 Å². The zero-order valence-electron chi connectivity index (χ0n) is 12.2. The van der Waals surface area contributed by atoms with E-state index < -0.39 is 6.04 Å². The maximum Gasteiger partial charge on any atom is 0.243 e. The van der Waals surface area contributed by atoms with Crippen molar-refractivity contribution in [2.75, 3.05) is 5.32 Å². The topological polar surface area (TPSA) is 68.0 Å². The third-order valence-corrected chi connectivity index (χ3v) is 4.78. The molecule has 0 spiro atoms. The average molecular weight is 338 g/mol. The molecule has 0 saturated carbocycles. The summed E-state index contributed by atoms with van der Waals surface area (Å²) in [5, 5.41) is 3.55. The van der Waals surface area contributed by atoms with Crippen LogP contribution in [0, 0.1) is 0 Å². The van der Waals surface area contributed by atoms with Crippen molar-refractivity contribution in [2.24, 2.45) is 5.73 Å². The second kappa shape index (κ2) is 7.72. The summed E-state index contributed by atoms with van der Waals surface area (Å²) < 4.78 is 0. The molecular weight excluding hydrogens is 318 g/mol. The third-order valence-electron chi connectivity index (χ3n) is 3.71. The lowest BCUT2D eigenvalue weighted by atomic mass is 10.0. The average Bonchev–Trinajstić information content (AvgIpc) is 2.90. The SMILES string of the molecule is Cl.N[C@@H](Cc1ccccc1)C(=O)Nc1nc2c(s1)CCCC2. The van der Waals surface area contributed by atoms with E-state index in [1.165, 1.54) is 17.7 Å². The highest BCUT2D eigenvalue weighted by molar-refractivity contribution is 7.15. The van der Waals surface area contributed by atoms with Crippen molar-refractivity contribution in [1.29, 1.82) is 0 Å². The van der Waals surface area contributed by atoms with Gasteiger partial charge in [-0.2, -0.15) is 0 Å². The number of benzene rings is 1. The predicted octanol–water partition coefficient (Wildman–Crippen LogP) is 2.95. The molecular formula is C16H20ClN3OS. The highest BCUT2D eigenvalue weighted by atomic mass is 35.5. The summed E-state index contributed by atoms with van der Waals surface area (Å²) in [5.74, 6) is -0.162. The summed E-state index contributed by atoms with van der Waals surface area (Å²) in [7, 11) is 0. The van der Waals surface area contributed by atoms with Gasteiger partial charge >= 0.3 is 0 Å². The van der Waals surface area contributed by atoms with Crippen LogP contribution in [0.15, 0.2) is 30.3 Å². The van der Waals surface area contributed by atoms with Crippen molar-refractivity contribution >= 4 is 34.8 Å². The number of halogens is 1. The van der Waals surface area contributed by atoms with E-state index in [0.717, 1.165) is 24.1 Å². The van der Waals surface area contributed by atoms with Gasteiger partial charge in [-0.1, -0.05) is 30.3 Å². The number of carbonyl (C=O) groups excluding carboxylic acids is 1. The molecule has 1 atom stereocenters. The van der Waals surface area contributed by atoms with Gasteiger partial charge < -0.3 is 11.1 Å². The number of fused-ring (bicyclic) bond motifs is 1. The van der Waals surface area contributed by atoms with Gasteiger partial charge in [-0.3, -0.25) is 4.79 Å². The number of nitrogens with two attached hydrogens (primary N) is 1. The van der Waals surface area contributed by atoms with Crippen LogP contribution in [0.5, 0.6) is 0 Å². The molecule has 1 aliphatic carbocycles. The van der Waals surface area contributed by atoms with Crippen molar-refractivity contribution in [3.05, 3.63) is 46.5 Å². The van der Waals surface area contributed by atoms with E-state index >= 15 is 0 Å². The maximum absolute atomic E-state index is 12.2. The second-order valence-electron chi connectivity index (χ2n) is 5.38. The van der Waals surface area contributed by atoms with Gasteiger partial charge in [-0.05, 0) is 37.7 Å². The summed E-state index contributed by atoms with van der Waals surface area (Å²) in [6, 6.07) is 9.27. The fourth-order valence-corrected chi connectivity index (χ4v) is 3.62. The number of thiazole rings is 1. The molecule has 1 heterocycles. The molecule has 2 aromatic rings. The molecule has 1 aliphatic rings. The Kier molecular flexibility index (Phi) is 5.94. The third kappa shape index (κ3) is 4.06. The Morgan fingerprint density at radius 3 is 2.73 bits per heavy atom. The largest absolute Gasteiger partial charge is 0.320 e. The van der Waals surface area contributed by atoms with Crippen LogP contribution in [-0.2, 0) is 24.1 Å². The number of nitrogens with one attached hydrogen (secondary N) is 1. The van der Waals surface area contributed by atoms with Crippen LogP contribution in [0.3, 0.4) is 0 Å². The minimum Gasteiger partial charge on any atom is -0.320 e. The molecule has 0 unspecified atom stereocenters.